The van der Waals surface area contributed by atoms with E-state index in [0.29, 0.717) is 0 Å². The van der Waals surface area contributed by atoms with Gasteiger partial charge in [0.2, 0.25) is 0 Å². The molecule has 13 heavy (non-hydrogen) atoms. The molecule has 0 aliphatic carbocycles. The van der Waals surface area contributed by atoms with E-state index in [1.807, 2.05) is 0 Å². The molecule has 5 nitrogen and oxygen atoms in total. The number of aliphatic carboxylic acids is 1. The van der Waals surface area contributed by atoms with Gasteiger partial charge >= 0.3 is 11.9 Å². The summed E-state index contributed by atoms with van der Waals surface area (Å²) in [6.07, 6.45) is -0.298. The minimum absolute atomic E-state index is 0.0151. The van der Waals surface area contributed by atoms with E-state index in [0.717, 1.165) is 0 Å². The molecule has 0 saturated heterocycles. The van der Waals surface area contributed by atoms with Crippen LogP contribution in [0.4, 0.5) is 0 Å². The lowest BCUT2D eigenvalue weighted by molar-refractivity contribution is -0.305. The van der Waals surface area contributed by atoms with Gasteiger partial charge in [-0.3, -0.25) is 0 Å². The maximum Gasteiger partial charge on any atom is 0.342 e. The van der Waals surface area contributed by atoms with Crippen LogP contribution in [-0.2, 0) is 19.1 Å². The largest absolute Gasteiger partial charge is 0.550 e. The van der Waals surface area contributed by atoms with Gasteiger partial charge in [0, 0.05) is 17.1 Å². The van der Waals surface area contributed by atoms with Gasteiger partial charge in [-0.2, -0.15) is 0 Å². The van der Waals surface area contributed by atoms with Gasteiger partial charge in [-0.25, -0.2) is 9.59 Å². The van der Waals surface area contributed by atoms with Crippen LogP contribution in [-0.4, -0.2) is 17.9 Å². The van der Waals surface area contributed by atoms with Crippen molar-refractivity contribution in [2.24, 2.45) is 0 Å². The second kappa shape index (κ2) is 3.38. The highest BCUT2D eigenvalue weighted by molar-refractivity contribution is 6.12. The zero-order valence-electron chi connectivity index (χ0n) is 6.96. The van der Waals surface area contributed by atoms with Crippen LogP contribution in [0.1, 0.15) is 19.8 Å². The number of hydrogen-bond donors (Lipinski definition) is 0. The van der Waals surface area contributed by atoms with Crippen molar-refractivity contribution >= 4 is 17.9 Å². The summed E-state index contributed by atoms with van der Waals surface area (Å²) in [7, 11) is 0. The van der Waals surface area contributed by atoms with Gasteiger partial charge in [-0.15, -0.1) is 0 Å². The Bertz CT molecular complexity index is 312. The molecule has 0 aromatic heterocycles. The number of hydrogen-bond acceptors (Lipinski definition) is 5. The zero-order chi connectivity index (χ0) is 10.0. The molecule has 0 saturated carbocycles. The molecule has 5 heteroatoms. The highest BCUT2D eigenvalue weighted by Crippen LogP contribution is 2.20. The number of esters is 2. The summed E-state index contributed by atoms with van der Waals surface area (Å²) in [5.74, 6) is -2.70. The summed E-state index contributed by atoms with van der Waals surface area (Å²) < 4.78 is 4.25. The number of carbonyl (C=O) groups excluding carboxylic acids is 3. The van der Waals surface area contributed by atoms with Crippen molar-refractivity contribution in [1.82, 2.24) is 0 Å². The topological polar surface area (TPSA) is 83.5 Å². The van der Waals surface area contributed by atoms with E-state index in [4.69, 9.17) is 0 Å². The maximum atomic E-state index is 10.9. The lowest BCUT2D eigenvalue weighted by Crippen LogP contribution is -2.22. The third kappa shape index (κ3) is 1.93. The Morgan fingerprint density at radius 2 is 2.00 bits per heavy atom. The minimum Gasteiger partial charge on any atom is -0.550 e. The van der Waals surface area contributed by atoms with E-state index in [1.165, 1.54) is 6.92 Å². The first-order valence-corrected chi connectivity index (χ1v) is 3.68. The minimum atomic E-state index is -1.26. The van der Waals surface area contributed by atoms with Crippen LogP contribution in [0.15, 0.2) is 11.1 Å². The fourth-order valence-electron chi connectivity index (χ4n) is 1.02. The van der Waals surface area contributed by atoms with E-state index < -0.39 is 17.9 Å². The summed E-state index contributed by atoms with van der Waals surface area (Å²) >= 11 is 0. The number of carboxylic acid groups (broad SMARTS) is 1. The van der Waals surface area contributed by atoms with E-state index in [9.17, 15) is 19.5 Å². The molecule has 1 aliphatic rings. The second-order valence-corrected chi connectivity index (χ2v) is 2.65. The standard InChI is InChI=1S/C8H8O5/c1-4-5(2-3-6(9)10)8(12)13-7(4)11/h2-3H2,1H3,(H,9,10)/p-1. The molecule has 0 N–H and O–H groups in total. The molecular weight excluding hydrogens is 176 g/mol. The first-order valence-electron chi connectivity index (χ1n) is 3.68. The average molecular weight is 183 g/mol. The lowest BCUT2D eigenvalue weighted by Gasteiger charge is -2.00. The van der Waals surface area contributed by atoms with Crippen molar-refractivity contribution < 1.29 is 24.2 Å². The molecule has 0 aromatic rings. The summed E-state index contributed by atoms with van der Waals surface area (Å²) in [5, 5.41) is 10.1. The lowest BCUT2D eigenvalue weighted by atomic mass is 10.1. The van der Waals surface area contributed by atoms with Crippen LogP contribution in [0.2, 0.25) is 0 Å². The molecule has 0 spiro atoms. The van der Waals surface area contributed by atoms with E-state index in [2.05, 4.69) is 4.74 Å². The molecule has 0 bridgehead atoms. The Kier molecular flexibility index (Phi) is 2.46. The molecule has 0 radical (unpaired) electrons. The number of rotatable bonds is 3. The van der Waals surface area contributed by atoms with Crippen LogP contribution in [0.25, 0.3) is 0 Å². The van der Waals surface area contributed by atoms with Gasteiger partial charge in [0.05, 0.1) is 0 Å². The maximum absolute atomic E-state index is 10.9. The van der Waals surface area contributed by atoms with Gasteiger partial charge in [-0.1, -0.05) is 0 Å². The van der Waals surface area contributed by atoms with Gasteiger partial charge in [0.1, 0.15) is 0 Å². The van der Waals surface area contributed by atoms with E-state index >= 15 is 0 Å². The summed E-state index contributed by atoms with van der Waals surface area (Å²) in [6, 6.07) is 0. The van der Waals surface area contributed by atoms with Crippen molar-refractivity contribution in [1.29, 1.82) is 0 Å². The van der Waals surface area contributed by atoms with Crippen molar-refractivity contribution in [3.05, 3.63) is 11.1 Å². The Hall–Kier alpha value is -1.65. The first-order chi connectivity index (χ1) is 6.02. The zero-order valence-corrected chi connectivity index (χ0v) is 6.96. The molecule has 0 unspecified atom stereocenters. The molecule has 1 rings (SSSR count). The molecular formula is C8H7O5-. The molecule has 0 amide bonds. The Labute approximate surface area is 74.0 Å². The van der Waals surface area contributed by atoms with Gasteiger partial charge in [0.25, 0.3) is 0 Å². The van der Waals surface area contributed by atoms with Crippen LogP contribution in [0.3, 0.4) is 0 Å². The van der Waals surface area contributed by atoms with E-state index in [1.54, 1.807) is 0 Å². The number of cyclic esters (lactones) is 2. The van der Waals surface area contributed by atoms with Crippen LogP contribution >= 0.6 is 0 Å². The predicted molar refractivity (Wildman–Crippen MR) is 38.0 cm³/mol. The Morgan fingerprint density at radius 1 is 1.38 bits per heavy atom. The van der Waals surface area contributed by atoms with Gasteiger partial charge in [-0.05, 0) is 19.8 Å². The molecule has 0 atom stereocenters. The summed E-state index contributed by atoms with van der Waals surface area (Å²) in [4.78, 5) is 31.7. The quantitative estimate of drug-likeness (QED) is 0.410. The van der Waals surface area contributed by atoms with Crippen molar-refractivity contribution in [3.63, 3.8) is 0 Å². The highest BCUT2D eigenvalue weighted by atomic mass is 16.6. The fourth-order valence-corrected chi connectivity index (χ4v) is 1.02. The third-order valence-electron chi connectivity index (χ3n) is 1.77. The predicted octanol–water partition coefficient (Wildman–Crippen LogP) is -1.08. The normalized spacial score (nSPS) is 16.4. The second-order valence-electron chi connectivity index (χ2n) is 2.65. The summed E-state index contributed by atoms with van der Waals surface area (Å²) in [5.41, 5.74) is 0.320. The van der Waals surface area contributed by atoms with Gasteiger partial charge < -0.3 is 14.6 Å². The van der Waals surface area contributed by atoms with Gasteiger partial charge in [0.15, 0.2) is 0 Å². The summed E-state index contributed by atoms with van der Waals surface area (Å²) in [6.45, 7) is 1.43. The van der Waals surface area contributed by atoms with E-state index in [-0.39, 0.29) is 24.0 Å². The van der Waals surface area contributed by atoms with Crippen LogP contribution < -0.4 is 5.11 Å². The molecule has 1 aliphatic heterocycles. The monoisotopic (exact) mass is 183 g/mol. The van der Waals surface area contributed by atoms with Crippen LogP contribution in [0, 0.1) is 0 Å². The first kappa shape index (κ1) is 9.44. The van der Waals surface area contributed by atoms with Crippen molar-refractivity contribution in [2.75, 3.05) is 0 Å². The van der Waals surface area contributed by atoms with Crippen LogP contribution in [0.5, 0.6) is 0 Å². The molecule has 70 valence electrons. The number of ether oxygens (including phenoxy) is 1. The van der Waals surface area contributed by atoms with Crippen molar-refractivity contribution in [3.8, 4) is 0 Å². The third-order valence-corrected chi connectivity index (χ3v) is 1.77. The average Bonchev–Trinajstić information content (AvgIpc) is 2.24. The molecule has 1 heterocycles. The SMILES string of the molecule is CC1=C(CCC(=O)[O-])C(=O)OC1=O. The number of carbonyl (C=O) groups is 3. The fraction of sp³-hybridized carbons (Fsp3) is 0.375. The van der Waals surface area contributed by atoms with Crippen molar-refractivity contribution in [2.45, 2.75) is 19.8 Å². The molecule has 0 fully saturated rings. The molecule has 0 aromatic carbocycles. The highest BCUT2D eigenvalue weighted by Gasteiger charge is 2.28. The smallest absolute Gasteiger partial charge is 0.342 e. The number of carboxylic acids is 1. The Morgan fingerprint density at radius 3 is 2.38 bits per heavy atom. The Balaban J connectivity index is 2.72.